The predicted molar refractivity (Wildman–Crippen MR) is 83.0 cm³/mol. The molecule has 0 spiro atoms. The van der Waals surface area contributed by atoms with Gasteiger partial charge in [0.05, 0.1) is 12.7 Å². The molecule has 1 heterocycles. The average Bonchev–Trinajstić information content (AvgIpc) is 2.47. The monoisotopic (exact) mass is 280 g/mol. The lowest BCUT2D eigenvalue weighted by molar-refractivity contribution is -0.108. The van der Waals surface area contributed by atoms with Gasteiger partial charge in [-0.25, -0.2) is 0 Å². The molecule has 20 heavy (non-hydrogen) atoms. The summed E-state index contributed by atoms with van der Waals surface area (Å²) in [5, 5.41) is 3.63. The van der Waals surface area contributed by atoms with E-state index in [0.717, 1.165) is 19.2 Å². The van der Waals surface area contributed by atoms with Crippen molar-refractivity contribution in [1.29, 1.82) is 0 Å². The van der Waals surface area contributed by atoms with Crippen LogP contribution >= 0.6 is 0 Å². The molecule has 3 fully saturated rings. The Labute approximate surface area is 124 Å². The number of rotatable bonds is 2. The van der Waals surface area contributed by atoms with Gasteiger partial charge in [0.25, 0.3) is 0 Å². The molecule has 0 aromatic rings. The van der Waals surface area contributed by atoms with Crippen molar-refractivity contribution in [3.05, 3.63) is 0 Å². The number of ether oxygens (including phenoxy) is 1. The van der Waals surface area contributed by atoms with Crippen LogP contribution in [0.5, 0.6) is 0 Å². The fraction of sp³-hybridized carbons (Fsp3) is 1.00. The number of hydrogen-bond acceptors (Lipinski definition) is 3. The van der Waals surface area contributed by atoms with Crippen LogP contribution in [0.25, 0.3) is 0 Å². The van der Waals surface area contributed by atoms with Gasteiger partial charge in [-0.2, -0.15) is 0 Å². The maximum atomic E-state index is 6.07. The summed E-state index contributed by atoms with van der Waals surface area (Å²) in [6.07, 6.45) is 14.4. The SMILES string of the molecule is CNC1CCCCCCC1N1CCOC2CCCCC21. The van der Waals surface area contributed by atoms with Crippen molar-refractivity contribution in [1.82, 2.24) is 10.2 Å². The first kappa shape index (κ1) is 14.8. The molecule has 3 aliphatic rings. The molecule has 0 bridgehead atoms. The Morgan fingerprint density at radius 3 is 2.40 bits per heavy atom. The standard InChI is InChI=1S/C17H32N2O/c1-18-14-8-4-2-3-5-9-15(14)19-12-13-20-17-11-7-6-10-16(17)19/h14-18H,2-13H2,1H3. The maximum absolute atomic E-state index is 6.07. The van der Waals surface area contributed by atoms with E-state index in [0.29, 0.717) is 18.2 Å². The van der Waals surface area contributed by atoms with Gasteiger partial charge in [0.15, 0.2) is 0 Å². The van der Waals surface area contributed by atoms with E-state index in [1.54, 1.807) is 0 Å². The second kappa shape index (κ2) is 7.24. The first-order valence-electron chi connectivity index (χ1n) is 8.95. The molecular weight excluding hydrogens is 248 g/mol. The Morgan fingerprint density at radius 2 is 1.55 bits per heavy atom. The molecule has 0 radical (unpaired) electrons. The first-order valence-corrected chi connectivity index (χ1v) is 8.95. The van der Waals surface area contributed by atoms with Crippen LogP contribution < -0.4 is 5.32 Å². The molecule has 1 saturated heterocycles. The van der Waals surface area contributed by atoms with Crippen molar-refractivity contribution in [2.24, 2.45) is 0 Å². The highest BCUT2D eigenvalue weighted by molar-refractivity contribution is 4.94. The van der Waals surface area contributed by atoms with Crippen LogP contribution in [-0.2, 0) is 4.74 Å². The molecule has 3 heteroatoms. The Morgan fingerprint density at radius 1 is 0.850 bits per heavy atom. The van der Waals surface area contributed by atoms with Crippen molar-refractivity contribution >= 4 is 0 Å². The fourth-order valence-electron chi connectivity index (χ4n) is 4.74. The number of nitrogens with zero attached hydrogens (tertiary/aromatic N) is 1. The van der Waals surface area contributed by atoms with Crippen molar-refractivity contribution < 1.29 is 4.74 Å². The molecule has 1 N–H and O–H groups in total. The lowest BCUT2D eigenvalue weighted by Gasteiger charge is -2.49. The summed E-state index contributed by atoms with van der Waals surface area (Å²) < 4.78 is 6.07. The van der Waals surface area contributed by atoms with Gasteiger partial charge in [0, 0.05) is 24.7 Å². The third-order valence-corrected chi connectivity index (χ3v) is 5.80. The topological polar surface area (TPSA) is 24.5 Å². The van der Waals surface area contributed by atoms with Gasteiger partial charge in [0.1, 0.15) is 0 Å². The Bertz CT molecular complexity index is 295. The van der Waals surface area contributed by atoms with E-state index in [1.165, 1.54) is 64.2 Å². The number of likely N-dealkylation sites (N-methyl/N-ethyl adjacent to an activating group) is 1. The summed E-state index contributed by atoms with van der Waals surface area (Å²) in [5.41, 5.74) is 0. The van der Waals surface area contributed by atoms with Crippen LogP contribution in [0.4, 0.5) is 0 Å². The normalized spacial score (nSPS) is 40.6. The molecule has 4 atom stereocenters. The van der Waals surface area contributed by atoms with Crippen LogP contribution in [0.3, 0.4) is 0 Å². The van der Waals surface area contributed by atoms with E-state index >= 15 is 0 Å². The number of morpholine rings is 1. The summed E-state index contributed by atoms with van der Waals surface area (Å²) in [7, 11) is 2.16. The van der Waals surface area contributed by atoms with Crippen molar-refractivity contribution in [3.8, 4) is 0 Å². The summed E-state index contributed by atoms with van der Waals surface area (Å²) in [6, 6.07) is 2.14. The molecule has 2 saturated carbocycles. The smallest absolute Gasteiger partial charge is 0.0731 e. The molecule has 2 aliphatic carbocycles. The van der Waals surface area contributed by atoms with E-state index in [1.807, 2.05) is 0 Å². The van der Waals surface area contributed by atoms with Gasteiger partial charge in [-0.15, -0.1) is 0 Å². The highest BCUT2D eigenvalue weighted by atomic mass is 16.5. The minimum absolute atomic E-state index is 0.528. The highest BCUT2D eigenvalue weighted by Crippen LogP contribution is 2.33. The molecule has 1 aliphatic heterocycles. The average molecular weight is 280 g/mol. The van der Waals surface area contributed by atoms with Gasteiger partial charge in [-0.3, -0.25) is 4.90 Å². The first-order chi connectivity index (χ1) is 9.90. The Balaban J connectivity index is 1.72. The van der Waals surface area contributed by atoms with Gasteiger partial charge in [-0.05, 0) is 32.7 Å². The molecule has 0 aromatic heterocycles. The third-order valence-electron chi connectivity index (χ3n) is 5.80. The lowest BCUT2D eigenvalue weighted by atomic mass is 9.85. The zero-order chi connectivity index (χ0) is 13.8. The minimum Gasteiger partial charge on any atom is -0.375 e. The van der Waals surface area contributed by atoms with E-state index in [9.17, 15) is 0 Å². The van der Waals surface area contributed by atoms with Crippen molar-refractivity contribution in [2.75, 3.05) is 20.2 Å². The molecule has 116 valence electrons. The van der Waals surface area contributed by atoms with E-state index < -0.39 is 0 Å². The van der Waals surface area contributed by atoms with Crippen LogP contribution in [0.2, 0.25) is 0 Å². The fourth-order valence-corrected chi connectivity index (χ4v) is 4.74. The second-order valence-corrected chi connectivity index (χ2v) is 6.95. The Kier molecular flexibility index (Phi) is 5.36. The molecule has 3 rings (SSSR count). The predicted octanol–water partition coefficient (Wildman–Crippen LogP) is 2.94. The summed E-state index contributed by atoms with van der Waals surface area (Å²) in [6.45, 7) is 2.11. The third kappa shape index (κ3) is 3.20. The maximum Gasteiger partial charge on any atom is 0.0731 e. The highest BCUT2D eigenvalue weighted by Gasteiger charge is 2.39. The van der Waals surface area contributed by atoms with Crippen LogP contribution in [0.1, 0.15) is 64.2 Å². The minimum atomic E-state index is 0.528. The largest absolute Gasteiger partial charge is 0.375 e. The van der Waals surface area contributed by atoms with Crippen LogP contribution in [-0.4, -0.2) is 49.3 Å². The van der Waals surface area contributed by atoms with E-state index in [2.05, 4.69) is 17.3 Å². The van der Waals surface area contributed by atoms with Gasteiger partial charge in [0.2, 0.25) is 0 Å². The zero-order valence-corrected chi connectivity index (χ0v) is 13.2. The van der Waals surface area contributed by atoms with Crippen LogP contribution in [0, 0.1) is 0 Å². The quantitative estimate of drug-likeness (QED) is 0.841. The van der Waals surface area contributed by atoms with E-state index in [-0.39, 0.29) is 0 Å². The van der Waals surface area contributed by atoms with E-state index in [4.69, 9.17) is 4.74 Å². The molecule has 4 unspecified atom stereocenters. The van der Waals surface area contributed by atoms with Gasteiger partial charge < -0.3 is 10.1 Å². The lowest BCUT2D eigenvalue weighted by Crippen LogP contribution is -2.60. The number of hydrogen-bond donors (Lipinski definition) is 1. The van der Waals surface area contributed by atoms with Crippen LogP contribution in [0.15, 0.2) is 0 Å². The van der Waals surface area contributed by atoms with Gasteiger partial charge in [-0.1, -0.05) is 38.5 Å². The summed E-state index contributed by atoms with van der Waals surface area (Å²) >= 11 is 0. The summed E-state index contributed by atoms with van der Waals surface area (Å²) in [4.78, 5) is 2.85. The number of nitrogens with one attached hydrogen (secondary N) is 1. The molecule has 3 nitrogen and oxygen atoms in total. The molecule has 0 amide bonds. The number of fused-ring (bicyclic) bond motifs is 1. The summed E-state index contributed by atoms with van der Waals surface area (Å²) in [5.74, 6) is 0. The second-order valence-electron chi connectivity index (χ2n) is 6.95. The molecular formula is C17H32N2O. The van der Waals surface area contributed by atoms with Crippen molar-refractivity contribution in [3.63, 3.8) is 0 Å². The Hall–Kier alpha value is -0.120. The zero-order valence-electron chi connectivity index (χ0n) is 13.2. The van der Waals surface area contributed by atoms with Gasteiger partial charge >= 0.3 is 0 Å². The molecule has 0 aromatic carbocycles. The van der Waals surface area contributed by atoms with Crippen molar-refractivity contribution in [2.45, 2.75) is 88.4 Å².